The van der Waals surface area contributed by atoms with Crippen molar-refractivity contribution in [2.45, 2.75) is 70.3 Å². The normalized spacial score (nSPS) is 17.0. The number of anilines is 1. The average molecular weight is 472 g/mol. The van der Waals surface area contributed by atoms with Crippen LogP contribution in [0, 0.1) is 0 Å². The minimum atomic E-state index is 0.283. The highest BCUT2D eigenvalue weighted by atomic mass is 127. The van der Waals surface area contributed by atoms with Crippen LogP contribution in [0.25, 0.3) is 11.0 Å². The van der Waals surface area contributed by atoms with Crippen LogP contribution >= 0.6 is 23.0 Å². The van der Waals surface area contributed by atoms with E-state index >= 15 is 0 Å². The SMILES string of the molecule is Nc1nc(OCCCCOI)c2ccn(C3CCCCCCCC3)c2n1. The van der Waals surface area contributed by atoms with E-state index in [2.05, 4.69) is 26.8 Å². The highest BCUT2D eigenvalue weighted by Crippen LogP contribution is 2.32. The number of ether oxygens (including phenoxy) is 1. The van der Waals surface area contributed by atoms with Crippen LogP contribution in [0.1, 0.15) is 70.3 Å². The molecule has 2 N–H and O–H groups in total. The third-order valence-electron chi connectivity index (χ3n) is 5.13. The predicted molar refractivity (Wildman–Crippen MR) is 113 cm³/mol. The van der Waals surface area contributed by atoms with Gasteiger partial charge < -0.3 is 18.1 Å². The van der Waals surface area contributed by atoms with Crippen LogP contribution < -0.4 is 10.5 Å². The number of rotatable bonds is 7. The molecule has 0 amide bonds. The summed E-state index contributed by atoms with van der Waals surface area (Å²) in [6.07, 6.45) is 14.4. The molecule has 2 aromatic heterocycles. The molecular weight excluding hydrogens is 443 g/mol. The van der Waals surface area contributed by atoms with E-state index in [0.717, 1.165) is 30.5 Å². The number of unbranched alkanes of at least 4 members (excludes halogenated alkanes) is 1. The lowest BCUT2D eigenvalue weighted by atomic mass is 10.1. The monoisotopic (exact) mass is 472 g/mol. The van der Waals surface area contributed by atoms with Gasteiger partial charge in [-0.05, 0) is 31.7 Å². The standard InChI is InChI=1S/C19H29IN4O2/c20-26-14-8-7-13-25-18-16-11-12-24(17(16)22-19(21)23-18)15-9-5-3-1-2-4-6-10-15/h11-12,15H,1-10,13-14H2,(H2,21,22,23). The molecular formula is C19H29IN4O2. The van der Waals surface area contributed by atoms with Crippen molar-refractivity contribution in [3.63, 3.8) is 0 Å². The number of fused-ring (bicyclic) bond motifs is 1. The molecule has 0 bridgehead atoms. The summed E-state index contributed by atoms with van der Waals surface area (Å²) in [4.78, 5) is 8.86. The first-order chi connectivity index (χ1) is 12.8. The van der Waals surface area contributed by atoms with Gasteiger partial charge in [-0.1, -0.05) is 38.5 Å². The fourth-order valence-electron chi connectivity index (χ4n) is 3.74. The molecule has 0 unspecified atom stereocenters. The molecule has 2 heterocycles. The molecule has 0 aliphatic heterocycles. The van der Waals surface area contributed by atoms with Gasteiger partial charge in [-0.15, -0.1) is 0 Å². The van der Waals surface area contributed by atoms with Crippen molar-refractivity contribution >= 4 is 40.0 Å². The van der Waals surface area contributed by atoms with Gasteiger partial charge in [-0.2, -0.15) is 9.97 Å². The maximum atomic E-state index is 5.98. The molecule has 7 heteroatoms. The van der Waals surface area contributed by atoms with Crippen LogP contribution in [-0.2, 0) is 3.07 Å². The number of hydrogen-bond acceptors (Lipinski definition) is 5. The van der Waals surface area contributed by atoms with Crippen molar-refractivity contribution < 1.29 is 7.80 Å². The molecule has 0 atom stereocenters. The number of halogens is 1. The summed E-state index contributed by atoms with van der Waals surface area (Å²) < 4.78 is 13.3. The van der Waals surface area contributed by atoms with Gasteiger partial charge in [0.25, 0.3) is 0 Å². The molecule has 6 nitrogen and oxygen atoms in total. The third kappa shape index (κ3) is 5.22. The predicted octanol–water partition coefficient (Wildman–Crippen LogP) is 5.21. The third-order valence-corrected chi connectivity index (χ3v) is 5.57. The summed E-state index contributed by atoms with van der Waals surface area (Å²) in [6, 6.07) is 2.57. The van der Waals surface area contributed by atoms with E-state index in [4.69, 9.17) is 13.5 Å². The minimum absolute atomic E-state index is 0.283. The Labute approximate surface area is 169 Å². The summed E-state index contributed by atoms with van der Waals surface area (Å²) in [6.45, 7) is 1.35. The zero-order valence-electron chi connectivity index (χ0n) is 15.3. The second-order valence-electron chi connectivity index (χ2n) is 7.07. The van der Waals surface area contributed by atoms with Crippen molar-refractivity contribution in [1.82, 2.24) is 14.5 Å². The average Bonchev–Trinajstić information content (AvgIpc) is 3.09. The Kier molecular flexibility index (Phi) is 7.79. The van der Waals surface area contributed by atoms with E-state index in [1.807, 2.05) is 23.0 Å². The van der Waals surface area contributed by atoms with Gasteiger partial charge in [0.05, 0.1) is 18.6 Å². The first-order valence-corrected chi connectivity index (χ1v) is 10.7. The zero-order valence-corrected chi connectivity index (χ0v) is 17.5. The molecule has 1 saturated carbocycles. The van der Waals surface area contributed by atoms with Crippen molar-refractivity contribution in [3.05, 3.63) is 12.3 Å². The Bertz CT molecular complexity index is 681. The Hall–Kier alpha value is -1.09. The molecule has 1 fully saturated rings. The Morgan fingerprint density at radius 2 is 1.73 bits per heavy atom. The van der Waals surface area contributed by atoms with Crippen LogP contribution in [-0.4, -0.2) is 27.7 Å². The summed E-state index contributed by atoms with van der Waals surface area (Å²) in [5.41, 5.74) is 6.89. The van der Waals surface area contributed by atoms with E-state index in [0.29, 0.717) is 18.5 Å². The number of hydrogen-bond donors (Lipinski definition) is 1. The number of nitrogens with zero attached hydrogens (tertiary/aromatic N) is 3. The number of nitrogen functional groups attached to an aromatic ring is 1. The van der Waals surface area contributed by atoms with E-state index in [1.54, 1.807) is 0 Å². The molecule has 1 aliphatic carbocycles. The molecule has 1 aliphatic rings. The molecule has 0 spiro atoms. The molecule has 0 saturated heterocycles. The first-order valence-electron chi connectivity index (χ1n) is 9.80. The van der Waals surface area contributed by atoms with Crippen molar-refractivity contribution in [3.8, 4) is 5.88 Å². The van der Waals surface area contributed by atoms with Crippen LogP contribution in [0.5, 0.6) is 5.88 Å². The molecule has 2 aromatic rings. The van der Waals surface area contributed by atoms with E-state index in [9.17, 15) is 0 Å². The van der Waals surface area contributed by atoms with Gasteiger partial charge >= 0.3 is 0 Å². The largest absolute Gasteiger partial charge is 0.477 e. The van der Waals surface area contributed by atoms with Crippen LogP contribution in [0.2, 0.25) is 0 Å². The van der Waals surface area contributed by atoms with Crippen molar-refractivity contribution in [1.29, 1.82) is 0 Å². The summed E-state index contributed by atoms with van der Waals surface area (Å²) in [5.74, 6) is 0.885. The lowest BCUT2D eigenvalue weighted by Crippen LogP contribution is -2.10. The number of nitrogens with two attached hydrogens (primary N) is 1. The smallest absolute Gasteiger partial charge is 0.227 e. The van der Waals surface area contributed by atoms with Crippen LogP contribution in [0.3, 0.4) is 0 Å². The molecule has 3 rings (SSSR count). The Morgan fingerprint density at radius 1 is 1.04 bits per heavy atom. The second kappa shape index (κ2) is 10.3. The highest BCUT2D eigenvalue weighted by Gasteiger charge is 2.18. The maximum absolute atomic E-state index is 5.98. The van der Waals surface area contributed by atoms with Gasteiger partial charge in [0.2, 0.25) is 11.8 Å². The first kappa shape index (κ1) is 19.7. The van der Waals surface area contributed by atoms with E-state index in [-0.39, 0.29) is 5.95 Å². The van der Waals surface area contributed by atoms with Gasteiger partial charge in [0, 0.05) is 12.2 Å². The lowest BCUT2D eigenvalue weighted by molar-refractivity contribution is 0.286. The van der Waals surface area contributed by atoms with Gasteiger partial charge in [0.1, 0.15) is 28.7 Å². The lowest BCUT2D eigenvalue weighted by Gasteiger charge is -2.19. The zero-order chi connectivity index (χ0) is 18.2. The van der Waals surface area contributed by atoms with Gasteiger partial charge in [0.15, 0.2) is 0 Å². The maximum Gasteiger partial charge on any atom is 0.227 e. The molecule has 0 radical (unpaired) electrons. The topological polar surface area (TPSA) is 75.2 Å². The minimum Gasteiger partial charge on any atom is -0.477 e. The van der Waals surface area contributed by atoms with Gasteiger partial charge in [-0.3, -0.25) is 0 Å². The van der Waals surface area contributed by atoms with Crippen molar-refractivity contribution in [2.75, 3.05) is 18.9 Å². The fraction of sp³-hybridized carbons (Fsp3) is 0.684. The second-order valence-corrected chi connectivity index (χ2v) is 7.69. The molecule has 0 aromatic carbocycles. The van der Waals surface area contributed by atoms with Crippen LogP contribution in [0.4, 0.5) is 5.95 Å². The highest BCUT2D eigenvalue weighted by molar-refractivity contribution is 14.1. The summed E-state index contributed by atoms with van der Waals surface area (Å²) in [7, 11) is 0. The summed E-state index contributed by atoms with van der Waals surface area (Å²) >= 11 is 1.92. The van der Waals surface area contributed by atoms with Crippen molar-refractivity contribution in [2.24, 2.45) is 0 Å². The quantitative estimate of drug-likeness (QED) is 0.442. The van der Waals surface area contributed by atoms with E-state index < -0.39 is 0 Å². The Morgan fingerprint density at radius 3 is 2.46 bits per heavy atom. The summed E-state index contributed by atoms with van der Waals surface area (Å²) in [5, 5.41) is 0.962. The van der Waals surface area contributed by atoms with Gasteiger partial charge in [-0.25, -0.2) is 0 Å². The molecule has 144 valence electrons. The molecule has 26 heavy (non-hydrogen) atoms. The van der Waals surface area contributed by atoms with Crippen LogP contribution in [0.15, 0.2) is 12.3 Å². The van der Waals surface area contributed by atoms with E-state index in [1.165, 1.54) is 51.4 Å². The number of aromatic nitrogens is 3. The Balaban J connectivity index is 1.77. The fourth-order valence-corrected chi connectivity index (χ4v) is 4.05.